The molecule has 4 nitrogen and oxygen atoms in total. The summed E-state index contributed by atoms with van der Waals surface area (Å²) in [6.07, 6.45) is 0. The van der Waals surface area contributed by atoms with Gasteiger partial charge in [-0.05, 0) is 55.3 Å². The van der Waals surface area contributed by atoms with Crippen LogP contribution in [0.15, 0.2) is 34.8 Å². The van der Waals surface area contributed by atoms with E-state index in [1.54, 1.807) is 12.1 Å². The summed E-state index contributed by atoms with van der Waals surface area (Å²) >= 11 is 3.38. The van der Waals surface area contributed by atoms with Gasteiger partial charge in [0.1, 0.15) is 5.82 Å². The number of amides is 1. The number of benzene rings is 2. The first kappa shape index (κ1) is 16.2. The van der Waals surface area contributed by atoms with Gasteiger partial charge in [0.25, 0.3) is 5.91 Å². The predicted molar refractivity (Wildman–Crippen MR) is 84.9 cm³/mol. The molecule has 0 saturated carbocycles. The minimum Gasteiger partial charge on any atom is -0.478 e. The van der Waals surface area contributed by atoms with Crippen LogP contribution in [0.2, 0.25) is 0 Å². The van der Waals surface area contributed by atoms with Gasteiger partial charge in [-0.3, -0.25) is 4.79 Å². The van der Waals surface area contributed by atoms with E-state index in [1.165, 1.54) is 6.07 Å². The lowest BCUT2D eigenvalue weighted by Crippen LogP contribution is -2.13. The van der Waals surface area contributed by atoms with E-state index in [0.29, 0.717) is 5.56 Å². The van der Waals surface area contributed by atoms with Crippen LogP contribution in [-0.2, 0) is 0 Å². The zero-order valence-electron chi connectivity index (χ0n) is 11.9. The second-order valence-corrected chi connectivity index (χ2v) is 5.71. The van der Waals surface area contributed by atoms with E-state index in [-0.39, 0.29) is 5.69 Å². The van der Waals surface area contributed by atoms with Crippen molar-refractivity contribution < 1.29 is 19.1 Å². The lowest BCUT2D eigenvalue weighted by atomic mass is 10.1. The zero-order valence-corrected chi connectivity index (χ0v) is 13.5. The standard InChI is InChI=1S/C16H13BrFNO3/c1-8-5-10(6-13(17)9(8)2)15(20)19-11-3-4-12(16(21)22)14(18)7-11/h3-7H,1-2H3,(H,19,20)(H,21,22). The molecule has 1 amide bonds. The van der Waals surface area contributed by atoms with E-state index in [1.807, 2.05) is 13.8 Å². The van der Waals surface area contributed by atoms with Gasteiger partial charge in [-0.25, -0.2) is 9.18 Å². The van der Waals surface area contributed by atoms with Crippen molar-refractivity contribution in [3.05, 3.63) is 62.9 Å². The molecule has 0 spiro atoms. The highest BCUT2D eigenvalue weighted by molar-refractivity contribution is 9.10. The van der Waals surface area contributed by atoms with Crippen LogP contribution in [0.3, 0.4) is 0 Å². The van der Waals surface area contributed by atoms with Crippen LogP contribution in [0, 0.1) is 19.7 Å². The van der Waals surface area contributed by atoms with Crippen LogP contribution >= 0.6 is 15.9 Å². The molecule has 2 aromatic carbocycles. The Labute approximate surface area is 135 Å². The van der Waals surface area contributed by atoms with Crippen molar-refractivity contribution >= 4 is 33.5 Å². The first-order valence-electron chi connectivity index (χ1n) is 6.40. The zero-order chi connectivity index (χ0) is 16.4. The summed E-state index contributed by atoms with van der Waals surface area (Å²) in [5, 5.41) is 11.3. The van der Waals surface area contributed by atoms with Crippen molar-refractivity contribution in [2.75, 3.05) is 5.32 Å². The molecule has 0 radical (unpaired) electrons. The molecule has 0 aliphatic rings. The Morgan fingerprint density at radius 3 is 2.41 bits per heavy atom. The Hall–Kier alpha value is -2.21. The van der Waals surface area contributed by atoms with Crippen molar-refractivity contribution in [1.29, 1.82) is 0 Å². The third-order valence-electron chi connectivity index (χ3n) is 3.32. The molecule has 0 bridgehead atoms. The molecule has 0 saturated heterocycles. The van der Waals surface area contributed by atoms with Crippen LogP contribution < -0.4 is 5.32 Å². The highest BCUT2D eigenvalue weighted by atomic mass is 79.9. The smallest absolute Gasteiger partial charge is 0.338 e. The number of aryl methyl sites for hydroxylation is 1. The lowest BCUT2D eigenvalue weighted by molar-refractivity contribution is 0.0692. The summed E-state index contributed by atoms with van der Waals surface area (Å²) < 4.78 is 14.4. The molecule has 22 heavy (non-hydrogen) atoms. The van der Waals surface area contributed by atoms with Gasteiger partial charge >= 0.3 is 5.97 Å². The first-order valence-corrected chi connectivity index (χ1v) is 7.20. The number of carboxylic acids is 1. The number of anilines is 1. The van der Waals surface area contributed by atoms with Crippen molar-refractivity contribution in [3.8, 4) is 0 Å². The minimum absolute atomic E-state index is 0.196. The Balaban J connectivity index is 2.26. The number of halogens is 2. The molecule has 6 heteroatoms. The Kier molecular flexibility index (Phi) is 4.61. The molecule has 2 aromatic rings. The second-order valence-electron chi connectivity index (χ2n) is 4.85. The lowest BCUT2D eigenvalue weighted by Gasteiger charge is -2.09. The number of aromatic carboxylic acids is 1. The van der Waals surface area contributed by atoms with Gasteiger partial charge in [0, 0.05) is 15.7 Å². The monoisotopic (exact) mass is 365 g/mol. The molecular formula is C16H13BrFNO3. The van der Waals surface area contributed by atoms with E-state index in [0.717, 1.165) is 27.7 Å². The number of hydrogen-bond donors (Lipinski definition) is 2. The summed E-state index contributed by atoms with van der Waals surface area (Å²) in [6, 6.07) is 6.86. The van der Waals surface area contributed by atoms with Crippen LogP contribution in [0.5, 0.6) is 0 Å². The third-order valence-corrected chi connectivity index (χ3v) is 4.15. The van der Waals surface area contributed by atoms with Crippen LogP contribution in [-0.4, -0.2) is 17.0 Å². The molecule has 0 unspecified atom stereocenters. The molecule has 2 N–H and O–H groups in total. The molecule has 0 fully saturated rings. The second kappa shape index (κ2) is 6.27. The number of nitrogens with one attached hydrogen (secondary N) is 1. The predicted octanol–water partition coefficient (Wildman–Crippen LogP) is 4.16. The highest BCUT2D eigenvalue weighted by Crippen LogP contribution is 2.23. The molecule has 114 valence electrons. The van der Waals surface area contributed by atoms with E-state index in [4.69, 9.17) is 5.11 Å². The Morgan fingerprint density at radius 2 is 1.86 bits per heavy atom. The summed E-state index contributed by atoms with van der Waals surface area (Å²) in [4.78, 5) is 22.9. The number of hydrogen-bond acceptors (Lipinski definition) is 2. The van der Waals surface area contributed by atoms with Gasteiger partial charge in [0.05, 0.1) is 5.56 Å². The van der Waals surface area contributed by atoms with Crippen molar-refractivity contribution in [3.63, 3.8) is 0 Å². The van der Waals surface area contributed by atoms with Crippen molar-refractivity contribution in [1.82, 2.24) is 0 Å². The maximum atomic E-state index is 13.6. The largest absolute Gasteiger partial charge is 0.478 e. The average Bonchev–Trinajstić information content (AvgIpc) is 2.43. The molecule has 0 aromatic heterocycles. The fourth-order valence-corrected chi connectivity index (χ4v) is 2.48. The normalized spacial score (nSPS) is 10.4. The van der Waals surface area contributed by atoms with E-state index < -0.39 is 23.3 Å². The third kappa shape index (κ3) is 3.33. The van der Waals surface area contributed by atoms with Gasteiger partial charge in [0.15, 0.2) is 0 Å². The van der Waals surface area contributed by atoms with Gasteiger partial charge in [-0.2, -0.15) is 0 Å². The van der Waals surface area contributed by atoms with Crippen molar-refractivity contribution in [2.45, 2.75) is 13.8 Å². The van der Waals surface area contributed by atoms with Crippen molar-refractivity contribution in [2.24, 2.45) is 0 Å². The average molecular weight is 366 g/mol. The summed E-state index contributed by atoms with van der Waals surface area (Å²) in [5.74, 6) is -2.65. The fraction of sp³-hybridized carbons (Fsp3) is 0.125. The highest BCUT2D eigenvalue weighted by Gasteiger charge is 2.13. The first-order chi connectivity index (χ1) is 10.3. The van der Waals surface area contributed by atoms with Crippen LogP contribution in [0.4, 0.5) is 10.1 Å². The molecular weight excluding hydrogens is 353 g/mol. The quantitative estimate of drug-likeness (QED) is 0.858. The summed E-state index contributed by atoms with van der Waals surface area (Å²) in [7, 11) is 0. The molecule has 0 heterocycles. The van der Waals surface area contributed by atoms with Gasteiger partial charge < -0.3 is 10.4 Å². The fourth-order valence-electron chi connectivity index (χ4n) is 1.92. The van der Waals surface area contributed by atoms with E-state index in [9.17, 15) is 14.0 Å². The molecule has 2 rings (SSSR count). The van der Waals surface area contributed by atoms with Gasteiger partial charge in [-0.15, -0.1) is 0 Å². The number of carbonyl (C=O) groups excluding carboxylic acids is 1. The SMILES string of the molecule is Cc1cc(C(=O)Nc2ccc(C(=O)O)c(F)c2)cc(Br)c1C. The van der Waals surface area contributed by atoms with Crippen LogP contribution in [0.25, 0.3) is 0 Å². The van der Waals surface area contributed by atoms with E-state index >= 15 is 0 Å². The van der Waals surface area contributed by atoms with Gasteiger partial charge in [0.2, 0.25) is 0 Å². The maximum Gasteiger partial charge on any atom is 0.338 e. The topological polar surface area (TPSA) is 66.4 Å². The molecule has 0 aliphatic carbocycles. The van der Waals surface area contributed by atoms with Gasteiger partial charge in [-0.1, -0.05) is 15.9 Å². The number of rotatable bonds is 3. The summed E-state index contributed by atoms with van der Waals surface area (Å²) in [6.45, 7) is 3.82. The minimum atomic E-state index is -1.35. The molecule has 0 atom stereocenters. The molecule has 0 aliphatic heterocycles. The number of carbonyl (C=O) groups is 2. The number of carboxylic acid groups (broad SMARTS) is 1. The maximum absolute atomic E-state index is 13.6. The Morgan fingerprint density at radius 1 is 1.18 bits per heavy atom. The van der Waals surface area contributed by atoms with Crippen LogP contribution in [0.1, 0.15) is 31.8 Å². The Bertz CT molecular complexity index is 751. The van der Waals surface area contributed by atoms with E-state index in [2.05, 4.69) is 21.2 Å². The summed E-state index contributed by atoms with van der Waals surface area (Å²) in [5.41, 5.74) is 2.17.